The van der Waals surface area contributed by atoms with Crippen LogP contribution in [0.15, 0.2) is 30.3 Å². The van der Waals surface area contributed by atoms with E-state index in [9.17, 15) is 0 Å². The molecule has 1 radical (unpaired) electrons. The number of benzene rings is 2. The molecule has 0 nitrogen and oxygen atoms in total. The Kier molecular flexibility index (Phi) is 4.52. The molecule has 2 fully saturated rings. The summed E-state index contributed by atoms with van der Waals surface area (Å²) in [5.41, 5.74) is 5.22. The molecule has 2 aromatic rings. The minimum Gasteiger partial charge on any atom is -0.0869 e. The van der Waals surface area contributed by atoms with Crippen molar-refractivity contribution in [1.82, 2.24) is 0 Å². The van der Waals surface area contributed by atoms with E-state index in [1.807, 2.05) is 0 Å². The maximum atomic E-state index is 2.59. The van der Waals surface area contributed by atoms with Gasteiger partial charge in [-0.3, -0.25) is 0 Å². The highest BCUT2D eigenvalue weighted by Crippen LogP contribution is 2.65. The molecule has 0 aliphatic heterocycles. The summed E-state index contributed by atoms with van der Waals surface area (Å²) < 4.78 is 0. The monoisotopic (exact) mass is 359 g/mol. The van der Waals surface area contributed by atoms with Gasteiger partial charge in [0.2, 0.25) is 0 Å². The van der Waals surface area contributed by atoms with Gasteiger partial charge >= 0.3 is 0 Å². The van der Waals surface area contributed by atoms with Crippen LogP contribution in [0.5, 0.6) is 0 Å². The van der Waals surface area contributed by atoms with E-state index in [2.05, 4.69) is 86.1 Å². The molecule has 0 amide bonds. The summed E-state index contributed by atoms with van der Waals surface area (Å²) >= 11 is 0. The van der Waals surface area contributed by atoms with Gasteiger partial charge in [0.1, 0.15) is 0 Å². The first-order valence-electron chi connectivity index (χ1n) is 11.0. The van der Waals surface area contributed by atoms with Crippen molar-refractivity contribution in [3.05, 3.63) is 41.5 Å². The van der Waals surface area contributed by atoms with E-state index >= 15 is 0 Å². The highest BCUT2D eigenvalue weighted by Gasteiger charge is 2.56. The molecule has 2 aliphatic rings. The lowest BCUT2D eigenvalue weighted by Gasteiger charge is -2.43. The molecular formula is C26H36B. The van der Waals surface area contributed by atoms with Crippen LogP contribution in [0.25, 0.3) is 10.8 Å². The third-order valence-electron chi connectivity index (χ3n) is 8.28. The predicted octanol–water partition coefficient (Wildman–Crippen LogP) is 6.87. The van der Waals surface area contributed by atoms with E-state index in [4.69, 9.17) is 0 Å². The van der Waals surface area contributed by atoms with E-state index in [0.29, 0.717) is 22.6 Å². The van der Waals surface area contributed by atoms with Gasteiger partial charge in [-0.15, -0.1) is 0 Å². The van der Waals surface area contributed by atoms with Crippen molar-refractivity contribution in [1.29, 1.82) is 0 Å². The summed E-state index contributed by atoms with van der Waals surface area (Å²) in [7, 11) is 2.59. The van der Waals surface area contributed by atoms with Gasteiger partial charge in [-0.25, -0.2) is 0 Å². The van der Waals surface area contributed by atoms with E-state index < -0.39 is 0 Å². The summed E-state index contributed by atoms with van der Waals surface area (Å²) in [4.78, 5) is 0. The Bertz CT molecular complexity index is 858. The summed E-state index contributed by atoms with van der Waals surface area (Å²) in [6.07, 6.45) is 4.16. The minimum atomic E-state index is 0.406. The van der Waals surface area contributed by atoms with E-state index in [1.54, 1.807) is 0 Å². The Morgan fingerprint density at radius 3 is 2.44 bits per heavy atom. The van der Waals surface area contributed by atoms with Crippen molar-refractivity contribution >= 4 is 23.5 Å². The Morgan fingerprint density at radius 2 is 1.74 bits per heavy atom. The molecule has 4 rings (SSSR count). The topological polar surface area (TPSA) is 0 Å². The molecule has 0 N–H and O–H groups in total. The van der Waals surface area contributed by atoms with Crippen LogP contribution in [-0.4, -0.2) is 7.28 Å². The maximum Gasteiger partial charge on any atom is 0.155 e. The van der Waals surface area contributed by atoms with Gasteiger partial charge in [-0.2, -0.15) is 0 Å². The number of hydrogen-bond donors (Lipinski definition) is 0. The number of fused-ring (bicyclic) bond motifs is 2. The van der Waals surface area contributed by atoms with Gasteiger partial charge in [0.15, 0.2) is 7.28 Å². The highest BCUT2D eigenvalue weighted by molar-refractivity contribution is 6.55. The highest BCUT2D eigenvalue weighted by atomic mass is 14.6. The second-order valence-electron chi connectivity index (χ2n) is 11.0. The van der Waals surface area contributed by atoms with Crippen molar-refractivity contribution in [2.45, 2.75) is 79.5 Å². The molecule has 3 unspecified atom stereocenters. The molecule has 27 heavy (non-hydrogen) atoms. The average Bonchev–Trinajstić information content (AvgIpc) is 3.33. The fraction of sp³-hybridized carbons (Fsp3) is 0.615. The SMILES string of the molecule is Cc1ccc2cc([B]C3CC4CC4C(C)(C)C(C)(C)C3)ccc2c1C(C)C. The Labute approximate surface area is 167 Å². The van der Waals surface area contributed by atoms with Crippen molar-refractivity contribution in [3.8, 4) is 0 Å². The normalized spacial score (nSPS) is 28.7. The summed E-state index contributed by atoms with van der Waals surface area (Å²) in [5, 5.41) is 2.84. The smallest absolute Gasteiger partial charge is 0.0869 e. The van der Waals surface area contributed by atoms with E-state index in [1.165, 1.54) is 46.6 Å². The van der Waals surface area contributed by atoms with Crippen molar-refractivity contribution in [2.24, 2.45) is 22.7 Å². The van der Waals surface area contributed by atoms with Crippen LogP contribution in [0.2, 0.25) is 5.82 Å². The lowest BCUT2D eigenvalue weighted by molar-refractivity contribution is 0.0780. The fourth-order valence-corrected chi connectivity index (χ4v) is 6.04. The van der Waals surface area contributed by atoms with Gasteiger partial charge in [-0.1, -0.05) is 96.0 Å². The molecule has 1 heteroatoms. The molecule has 0 heterocycles. The average molecular weight is 359 g/mol. The molecule has 0 bridgehead atoms. The van der Waals surface area contributed by atoms with Gasteiger partial charge in [0.05, 0.1) is 0 Å². The Morgan fingerprint density at radius 1 is 1.00 bits per heavy atom. The van der Waals surface area contributed by atoms with Crippen LogP contribution in [0, 0.1) is 29.6 Å². The van der Waals surface area contributed by atoms with Crippen molar-refractivity contribution < 1.29 is 0 Å². The molecule has 0 aromatic heterocycles. The standard InChI is InChI=1S/C26H36B/c1-16(2)24-17(3)8-9-18-12-20(10-11-22(18)24)27-21-13-19-14-23(19)26(6,7)25(4,5)15-21/h8-12,16,19,21,23H,13-15H2,1-7H3. The van der Waals surface area contributed by atoms with Crippen LogP contribution in [0.4, 0.5) is 0 Å². The third kappa shape index (κ3) is 3.26. The molecule has 143 valence electrons. The predicted molar refractivity (Wildman–Crippen MR) is 120 cm³/mol. The summed E-state index contributed by atoms with van der Waals surface area (Å²) in [6, 6.07) is 11.8. The summed E-state index contributed by atoms with van der Waals surface area (Å²) in [5.74, 6) is 3.18. The number of hydrogen-bond acceptors (Lipinski definition) is 0. The van der Waals surface area contributed by atoms with Crippen molar-refractivity contribution in [3.63, 3.8) is 0 Å². The summed E-state index contributed by atoms with van der Waals surface area (Å²) in [6.45, 7) is 16.9. The van der Waals surface area contributed by atoms with Gasteiger partial charge in [-0.05, 0) is 63.8 Å². The molecule has 0 spiro atoms. The zero-order valence-corrected chi connectivity index (χ0v) is 18.4. The van der Waals surface area contributed by atoms with Crippen molar-refractivity contribution in [2.75, 3.05) is 0 Å². The van der Waals surface area contributed by atoms with Gasteiger partial charge in [0.25, 0.3) is 0 Å². The number of aryl methyl sites for hydroxylation is 1. The lowest BCUT2D eigenvalue weighted by atomic mass is 9.52. The van der Waals surface area contributed by atoms with Crippen LogP contribution < -0.4 is 5.46 Å². The zero-order chi connectivity index (χ0) is 19.6. The van der Waals surface area contributed by atoms with Crippen LogP contribution >= 0.6 is 0 Å². The Hall–Kier alpha value is -1.24. The lowest BCUT2D eigenvalue weighted by Crippen LogP contribution is -2.35. The second kappa shape index (κ2) is 6.40. The molecule has 2 saturated carbocycles. The van der Waals surface area contributed by atoms with Crippen LogP contribution in [0.3, 0.4) is 0 Å². The van der Waals surface area contributed by atoms with E-state index in [0.717, 1.165) is 11.8 Å². The second-order valence-corrected chi connectivity index (χ2v) is 11.0. The molecule has 0 saturated heterocycles. The van der Waals surface area contributed by atoms with E-state index in [-0.39, 0.29) is 0 Å². The molecule has 3 atom stereocenters. The Balaban J connectivity index is 1.61. The molecule has 2 aliphatic carbocycles. The zero-order valence-electron chi connectivity index (χ0n) is 18.4. The maximum absolute atomic E-state index is 2.59. The first kappa shape index (κ1) is 19.1. The quantitative estimate of drug-likeness (QED) is 0.525. The van der Waals surface area contributed by atoms with Gasteiger partial charge in [0, 0.05) is 0 Å². The number of rotatable bonds is 3. The van der Waals surface area contributed by atoms with Gasteiger partial charge < -0.3 is 0 Å². The first-order valence-corrected chi connectivity index (χ1v) is 11.0. The first-order chi connectivity index (χ1) is 12.6. The molecule has 2 aromatic carbocycles. The largest absolute Gasteiger partial charge is 0.155 e. The third-order valence-corrected chi connectivity index (χ3v) is 8.28. The van der Waals surface area contributed by atoms with Crippen LogP contribution in [0.1, 0.15) is 77.8 Å². The minimum absolute atomic E-state index is 0.406. The fourth-order valence-electron chi connectivity index (χ4n) is 6.04. The van der Waals surface area contributed by atoms with Crippen LogP contribution in [-0.2, 0) is 0 Å². The molecular weight excluding hydrogens is 323 g/mol.